The Bertz CT molecular complexity index is 1180. The molecule has 27 heavy (non-hydrogen) atoms. The van der Waals surface area contributed by atoms with E-state index in [1.54, 1.807) is 18.2 Å². The van der Waals surface area contributed by atoms with Crippen molar-refractivity contribution in [1.82, 2.24) is 9.97 Å². The first-order chi connectivity index (χ1) is 13.1. The minimum absolute atomic E-state index is 0.0385. The van der Waals surface area contributed by atoms with Crippen LogP contribution in [0.15, 0.2) is 67.0 Å². The molecule has 1 heterocycles. The maximum absolute atomic E-state index is 13.4. The first-order valence-electron chi connectivity index (χ1n) is 8.11. The highest BCUT2D eigenvalue weighted by Crippen LogP contribution is 2.29. The smallest absolute Gasteiger partial charge is 0.141 e. The summed E-state index contributed by atoms with van der Waals surface area (Å²) in [6.07, 6.45) is 1.47. The molecule has 0 radical (unpaired) electrons. The summed E-state index contributed by atoms with van der Waals surface area (Å²) in [6, 6.07) is 19.7. The van der Waals surface area contributed by atoms with Crippen molar-refractivity contribution in [2.75, 3.05) is 5.32 Å². The zero-order chi connectivity index (χ0) is 18.8. The zero-order valence-electron chi connectivity index (χ0n) is 13.9. The number of hydrogen-bond acceptors (Lipinski definition) is 4. The van der Waals surface area contributed by atoms with E-state index in [0.29, 0.717) is 17.1 Å². The first-order valence-corrected chi connectivity index (χ1v) is 8.49. The summed E-state index contributed by atoms with van der Waals surface area (Å²) in [4.78, 5) is 8.61. The molecule has 3 aromatic carbocycles. The second-order valence-corrected chi connectivity index (χ2v) is 6.30. The largest absolute Gasteiger partial charge is 0.340 e. The van der Waals surface area contributed by atoms with Gasteiger partial charge in [0.2, 0.25) is 0 Å². The molecule has 0 saturated heterocycles. The third-order valence-corrected chi connectivity index (χ3v) is 4.45. The van der Waals surface area contributed by atoms with Crippen molar-refractivity contribution in [3.05, 3.63) is 83.4 Å². The number of nitrogens with one attached hydrogen (secondary N) is 1. The molecule has 0 aliphatic heterocycles. The molecule has 130 valence electrons. The van der Waals surface area contributed by atoms with Crippen LogP contribution in [0.5, 0.6) is 0 Å². The van der Waals surface area contributed by atoms with E-state index in [2.05, 4.69) is 21.4 Å². The van der Waals surface area contributed by atoms with Crippen LogP contribution in [0, 0.1) is 17.1 Å². The van der Waals surface area contributed by atoms with E-state index in [-0.39, 0.29) is 5.02 Å². The molecule has 6 heteroatoms. The van der Waals surface area contributed by atoms with Crippen LogP contribution in [0.1, 0.15) is 5.56 Å². The van der Waals surface area contributed by atoms with Gasteiger partial charge in [0.15, 0.2) is 0 Å². The van der Waals surface area contributed by atoms with Crippen LogP contribution in [-0.2, 0) is 0 Å². The van der Waals surface area contributed by atoms with E-state index >= 15 is 0 Å². The van der Waals surface area contributed by atoms with Crippen molar-refractivity contribution in [3.63, 3.8) is 0 Å². The molecule has 4 aromatic rings. The Morgan fingerprint density at radius 2 is 1.70 bits per heavy atom. The van der Waals surface area contributed by atoms with Gasteiger partial charge in [-0.3, -0.25) is 0 Å². The Morgan fingerprint density at radius 3 is 2.44 bits per heavy atom. The maximum Gasteiger partial charge on any atom is 0.141 e. The third kappa shape index (κ3) is 3.43. The predicted octanol–water partition coefficient (Wildman–Crippen LogP) is 5.70. The zero-order valence-corrected chi connectivity index (χ0v) is 14.7. The van der Waals surface area contributed by atoms with Crippen molar-refractivity contribution in [1.29, 1.82) is 5.26 Å². The Kier molecular flexibility index (Phi) is 4.41. The molecule has 0 saturated carbocycles. The normalized spacial score (nSPS) is 10.6. The number of anilines is 2. The van der Waals surface area contributed by atoms with Crippen molar-refractivity contribution < 1.29 is 4.39 Å². The van der Waals surface area contributed by atoms with Gasteiger partial charge >= 0.3 is 0 Å². The minimum Gasteiger partial charge on any atom is -0.340 e. The molecule has 0 spiro atoms. The SMILES string of the molecule is N#Cc1ccc(-c2ccc3ncnc(Nc4ccc(F)c(Cl)c4)c3c2)cc1. The van der Waals surface area contributed by atoms with Crippen molar-refractivity contribution in [2.24, 2.45) is 0 Å². The van der Waals surface area contributed by atoms with Gasteiger partial charge in [0.05, 0.1) is 22.2 Å². The van der Waals surface area contributed by atoms with Crippen LogP contribution in [0.3, 0.4) is 0 Å². The van der Waals surface area contributed by atoms with Gasteiger partial charge in [-0.05, 0) is 53.6 Å². The van der Waals surface area contributed by atoms with Crippen molar-refractivity contribution in [3.8, 4) is 17.2 Å². The van der Waals surface area contributed by atoms with E-state index in [0.717, 1.165) is 22.0 Å². The van der Waals surface area contributed by atoms with Crippen molar-refractivity contribution >= 4 is 34.0 Å². The van der Waals surface area contributed by atoms with Gasteiger partial charge in [-0.25, -0.2) is 14.4 Å². The average molecular weight is 375 g/mol. The number of nitrogens with zero attached hydrogens (tertiary/aromatic N) is 3. The number of aromatic nitrogens is 2. The highest BCUT2D eigenvalue weighted by atomic mass is 35.5. The average Bonchev–Trinajstić information content (AvgIpc) is 2.71. The summed E-state index contributed by atoms with van der Waals surface area (Å²) in [5.41, 5.74) is 3.97. The number of hydrogen-bond donors (Lipinski definition) is 1. The lowest BCUT2D eigenvalue weighted by Gasteiger charge is -2.10. The third-order valence-electron chi connectivity index (χ3n) is 4.17. The Hall–Kier alpha value is -3.49. The Balaban J connectivity index is 1.76. The Labute approximate surface area is 159 Å². The van der Waals surface area contributed by atoms with Gasteiger partial charge in [-0.2, -0.15) is 5.26 Å². The molecule has 0 bridgehead atoms. The molecular formula is C21H12ClFN4. The summed E-state index contributed by atoms with van der Waals surface area (Å²) < 4.78 is 13.4. The molecular weight excluding hydrogens is 363 g/mol. The molecule has 0 atom stereocenters. The summed E-state index contributed by atoms with van der Waals surface area (Å²) in [6.45, 7) is 0. The van der Waals surface area contributed by atoms with Crippen molar-refractivity contribution in [2.45, 2.75) is 0 Å². The van der Waals surface area contributed by atoms with Gasteiger partial charge in [-0.1, -0.05) is 29.8 Å². The van der Waals surface area contributed by atoms with Crippen LogP contribution in [0.2, 0.25) is 5.02 Å². The Morgan fingerprint density at radius 1 is 0.926 bits per heavy atom. The van der Waals surface area contributed by atoms with Gasteiger partial charge in [0.1, 0.15) is 18.0 Å². The van der Waals surface area contributed by atoms with Crippen LogP contribution in [0.25, 0.3) is 22.0 Å². The fourth-order valence-electron chi connectivity index (χ4n) is 2.78. The molecule has 0 amide bonds. The topological polar surface area (TPSA) is 61.6 Å². The second kappa shape index (κ2) is 7.02. The molecule has 0 fully saturated rings. The fourth-order valence-corrected chi connectivity index (χ4v) is 2.96. The highest BCUT2D eigenvalue weighted by Gasteiger charge is 2.08. The highest BCUT2D eigenvalue weighted by molar-refractivity contribution is 6.31. The monoisotopic (exact) mass is 374 g/mol. The molecule has 0 aliphatic rings. The summed E-state index contributed by atoms with van der Waals surface area (Å²) in [5.74, 6) is 0.121. The van der Waals surface area contributed by atoms with Gasteiger partial charge in [0.25, 0.3) is 0 Å². The maximum atomic E-state index is 13.4. The lowest BCUT2D eigenvalue weighted by molar-refractivity contribution is 0.628. The van der Waals surface area contributed by atoms with E-state index in [1.165, 1.54) is 18.5 Å². The summed E-state index contributed by atoms with van der Waals surface area (Å²) in [5, 5.41) is 13.0. The molecule has 0 unspecified atom stereocenters. The number of nitriles is 1. The van der Waals surface area contributed by atoms with Crippen LogP contribution < -0.4 is 5.32 Å². The lowest BCUT2D eigenvalue weighted by atomic mass is 10.0. The number of halogens is 2. The quantitative estimate of drug-likeness (QED) is 0.499. The number of benzene rings is 3. The standard InChI is InChI=1S/C21H12ClFN4/c22-18-10-16(6-7-19(18)23)27-21-17-9-15(5-8-20(17)25-12-26-21)14-3-1-13(11-24)2-4-14/h1-10,12H,(H,25,26,27). The molecule has 4 nitrogen and oxygen atoms in total. The lowest BCUT2D eigenvalue weighted by Crippen LogP contribution is -1.96. The van der Waals surface area contributed by atoms with Gasteiger partial charge < -0.3 is 5.32 Å². The van der Waals surface area contributed by atoms with Crippen LogP contribution in [-0.4, -0.2) is 9.97 Å². The number of rotatable bonds is 3. The van der Waals surface area contributed by atoms with Gasteiger partial charge in [0, 0.05) is 11.1 Å². The predicted molar refractivity (Wildman–Crippen MR) is 104 cm³/mol. The van der Waals surface area contributed by atoms with E-state index in [9.17, 15) is 4.39 Å². The molecule has 4 rings (SSSR count). The van der Waals surface area contributed by atoms with E-state index in [4.69, 9.17) is 16.9 Å². The molecule has 0 aliphatic carbocycles. The summed E-state index contributed by atoms with van der Waals surface area (Å²) in [7, 11) is 0. The van der Waals surface area contributed by atoms with E-state index in [1.807, 2.05) is 30.3 Å². The minimum atomic E-state index is -0.474. The summed E-state index contributed by atoms with van der Waals surface area (Å²) >= 11 is 5.86. The first kappa shape index (κ1) is 17.0. The van der Waals surface area contributed by atoms with Crippen LogP contribution >= 0.6 is 11.6 Å². The second-order valence-electron chi connectivity index (χ2n) is 5.90. The van der Waals surface area contributed by atoms with Crippen LogP contribution in [0.4, 0.5) is 15.9 Å². The number of fused-ring (bicyclic) bond motifs is 1. The molecule has 1 N–H and O–H groups in total. The van der Waals surface area contributed by atoms with Gasteiger partial charge in [-0.15, -0.1) is 0 Å². The molecule has 1 aromatic heterocycles. The van der Waals surface area contributed by atoms with E-state index < -0.39 is 5.82 Å². The fraction of sp³-hybridized carbons (Fsp3) is 0.